The Morgan fingerprint density at radius 1 is 1.12 bits per heavy atom. The van der Waals surface area contributed by atoms with Gasteiger partial charge >= 0.3 is 12.0 Å². The zero-order valence-electron chi connectivity index (χ0n) is 17.9. The number of halogens is 1. The van der Waals surface area contributed by atoms with E-state index in [-0.39, 0.29) is 17.9 Å². The van der Waals surface area contributed by atoms with Crippen molar-refractivity contribution in [1.82, 2.24) is 15.3 Å². The van der Waals surface area contributed by atoms with Crippen molar-refractivity contribution in [1.29, 1.82) is 0 Å². The summed E-state index contributed by atoms with van der Waals surface area (Å²) in [6.07, 6.45) is 2.40. The van der Waals surface area contributed by atoms with Gasteiger partial charge in [-0.3, -0.25) is 0 Å². The summed E-state index contributed by atoms with van der Waals surface area (Å²) in [7, 11) is 1.31. The molecular weight excluding hydrogens is 427 g/mol. The molecule has 10 heteroatoms. The molecule has 2 heterocycles. The quantitative estimate of drug-likeness (QED) is 0.493. The van der Waals surface area contributed by atoms with E-state index in [1.165, 1.54) is 19.2 Å². The molecule has 3 aromatic rings. The van der Waals surface area contributed by atoms with E-state index < -0.39 is 5.97 Å². The number of hydrogen-bond donors (Lipinski definition) is 3. The fourth-order valence-electron chi connectivity index (χ4n) is 3.53. The topological polar surface area (TPSA) is 108 Å². The molecular formula is C23H23FN6O3. The van der Waals surface area contributed by atoms with Crippen LogP contribution in [-0.4, -0.2) is 48.2 Å². The number of amides is 2. The number of benzene rings is 2. The average Bonchev–Trinajstić information content (AvgIpc) is 3.29. The summed E-state index contributed by atoms with van der Waals surface area (Å²) in [5.41, 5.74) is 1.54. The normalized spacial score (nSPS) is 15.1. The van der Waals surface area contributed by atoms with Gasteiger partial charge in [0.25, 0.3) is 0 Å². The Bertz CT molecular complexity index is 1140. The van der Waals surface area contributed by atoms with Crippen molar-refractivity contribution < 1.29 is 18.7 Å². The van der Waals surface area contributed by atoms with E-state index in [4.69, 9.17) is 4.74 Å². The van der Waals surface area contributed by atoms with Crippen LogP contribution >= 0.6 is 0 Å². The van der Waals surface area contributed by atoms with Crippen molar-refractivity contribution in [3.05, 3.63) is 72.2 Å². The largest absolute Gasteiger partial charge is 0.465 e. The summed E-state index contributed by atoms with van der Waals surface area (Å²) < 4.78 is 17.8. The van der Waals surface area contributed by atoms with Gasteiger partial charge in [-0.2, -0.15) is 4.98 Å². The van der Waals surface area contributed by atoms with Crippen LogP contribution in [0.25, 0.3) is 0 Å². The zero-order valence-corrected chi connectivity index (χ0v) is 17.9. The molecule has 1 fully saturated rings. The number of carbonyl (C=O) groups excluding carboxylic acids is 2. The van der Waals surface area contributed by atoms with E-state index in [1.54, 1.807) is 48.7 Å². The Kier molecular flexibility index (Phi) is 6.63. The van der Waals surface area contributed by atoms with E-state index in [0.717, 1.165) is 18.8 Å². The number of esters is 1. The highest BCUT2D eigenvalue weighted by Gasteiger charge is 2.25. The van der Waals surface area contributed by atoms with Crippen LogP contribution in [0.4, 0.5) is 32.3 Å². The second-order valence-electron chi connectivity index (χ2n) is 7.47. The summed E-state index contributed by atoms with van der Waals surface area (Å²) in [6.45, 7) is 1.30. The van der Waals surface area contributed by atoms with E-state index in [9.17, 15) is 14.0 Å². The molecule has 33 heavy (non-hydrogen) atoms. The van der Waals surface area contributed by atoms with E-state index in [2.05, 4.69) is 30.8 Å². The Balaban J connectivity index is 1.32. The highest BCUT2D eigenvalue weighted by atomic mass is 19.1. The predicted octanol–water partition coefficient (Wildman–Crippen LogP) is 3.55. The molecule has 4 rings (SSSR count). The van der Waals surface area contributed by atoms with Crippen LogP contribution in [0.5, 0.6) is 0 Å². The van der Waals surface area contributed by atoms with Crippen LogP contribution in [0, 0.1) is 5.82 Å². The number of nitrogens with one attached hydrogen (secondary N) is 3. The smallest absolute Gasteiger partial charge is 0.337 e. The number of urea groups is 1. The number of nitrogens with zero attached hydrogens (tertiary/aromatic N) is 3. The molecule has 1 aliphatic rings. The van der Waals surface area contributed by atoms with Gasteiger partial charge in [-0.25, -0.2) is 19.0 Å². The number of ether oxygens (including phenoxy) is 1. The van der Waals surface area contributed by atoms with Gasteiger partial charge in [0, 0.05) is 36.7 Å². The molecule has 0 aliphatic carbocycles. The fraction of sp³-hybridized carbons (Fsp3) is 0.217. The highest BCUT2D eigenvalue weighted by Crippen LogP contribution is 2.21. The summed E-state index contributed by atoms with van der Waals surface area (Å²) in [5.74, 6) is 0.346. The summed E-state index contributed by atoms with van der Waals surface area (Å²) in [5, 5.41) is 8.75. The lowest BCUT2D eigenvalue weighted by Gasteiger charge is -2.19. The Morgan fingerprint density at radius 3 is 2.73 bits per heavy atom. The van der Waals surface area contributed by atoms with Gasteiger partial charge in [0.15, 0.2) is 0 Å². The van der Waals surface area contributed by atoms with E-state index >= 15 is 0 Å². The monoisotopic (exact) mass is 450 g/mol. The molecule has 0 bridgehead atoms. The third-order valence-corrected chi connectivity index (χ3v) is 5.13. The minimum Gasteiger partial charge on any atom is -0.465 e. The van der Waals surface area contributed by atoms with Gasteiger partial charge in [-0.15, -0.1) is 0 Å². The highest BCUT2D eigenvalue weighted by molar-refractivity contribution is 5.94. The van der Waals surface area contributed by atoms with E-state index in [0.29, 0.717) is 29.4 Å². The molecule has 0 saturated carbocycles. The minimum atomic E-state index is -0.469. The van der Waals surface area contributed by atoms with Gasteiger partial charge in [-0.05, 0) is 55.0 Å². The van der Waals surface area contributed by atoms with Gasteiger partial charge in [0.1, 0.15) is 11.6 Å². The van der Waals surface area contributed by atoms with Crippen molar-refractivity contribution in [3.8, 4) is 0 Å². The van der Waals surface area contributed by atoms with Crippen LogP contribution < -0.4 is 20.9 Å². The first-order valence-corrected chi connectivity index (χ1v) is 10.4. The third-order valence-electron chi connectivity index (χ3n) is 5.13. The number of anilines is 4. The first kappa shape index (κ1) is 22.0. The summed E-state index contributed by atoms with van der Waals surface area (Å²) >= 11 is 0. The maximum absolute atomic E-state index is 13.1. The van der Waals surface area contributed by atoms with Crippen molar-refractivity contribution in [2.24, 2.45) is 0 Å². The van der Waals surface area contributed by atoms with Crippen LogP contribution in [-0.2, 0) is 4.74 Å². The van der Waals surface area contributed by atoms with Crippen molar-refractivity contribution in [2.75, 3.05) is 35.7 Å². The minimum absolute atomic E-state index is 0.0720. The molecule has 1 atom stereocenters. The van der Waals surface area contributed by atoms with E-state index in [1.807, 2.05) is 0 Å². The number of rotatable bonds is 6. The maximum Gasteiger partial charge on any atom is 0.337 e. The number of carbonyl (C=O) groups is 2. The lowest BCUT2D eigenvalue weighted by Crippen LogP contribution is -2.39. The molecule has 0 radical (unpaired) electrons. The predicted molar refractivity (Wildman–Crippen MR) is 122 cm³/mol. The molecule has 1 aliphatic heterocycles. The zero-order chi connectivity index (χ0) is 23.2. The standard InChI is InChI=1S/C23H23FN6O3/c1-33-21(31)15-3-2-4-18(13-15)27-23(32)28-19-10-12-30(14-19)20-9-11-25-22(29-20)26-17-7-5-16(24)6-8-17/h2-9,11,13,19H,10,12,14H2,1H3,(H,25,26,29)(H2,27,28,32)/t19-/m0/s1. The Hall–Kier alpha value is -4.21. The SMILES string of the molecule is COC(=O)c1cccc(NC(=O)N[C@H]2CCN(c3ccnc(Nc4ccc(F)cc4)n3)C2)c1. The average molecular weight is 450 g/mol. The Labute approximate surface area is 190 Å². The molecule has 0 unspecified atom stereocenters. The molecule has 2 amide bonds. The summed E-state index contributed by atoms with van der Waals surface area (Å²) in [6, 6.07) is 13.9. The van der Waals surface area contributed by atoms with Crippen molar-refractivity contribution in [3.63, 3.8) is 0 Å². The molecule has 1 saturated heterocycles. The fourth-order valence-corrected chi connectivity index (χ4v) is 3.53. The lowest BCUT2D eigenvalue weighted by atomic mass is 10.2. The number of aromatic nitrogens is 2. The van der Waals surface area contributed by atoms with Crippen molar-refractivity contribution >= 4 is 35.1 Å². The van der Waals surface area contributed by atoms with Gasteiger partial charge < -0.3 is 25.6 Å². The van der Waals surface area contributed by atoms with Crippen LogP contribution in [0.15, 0.2) is 60.8 Å². The summed E-state index contributed by atoms with van der Waals surface area (Å²) in [4.78, 5) is 34.9. The lowest BCUT2D eigenvalue weighted by molar-refractivity contribution is 0.0600. The van der Waals surface area contributed by atoms with Gasteiger partial charge in [-0.1, -0.05) is 6.07 Å². The molecule has 2 aromatic carbocycles. The van der Waals surface area contributed by atoms with Crippen LogP contribution in [0.2, 0.25) is 0 Å². The third kappa shape index (κ3) is 5.73. The number of methoxy groups -OCH3 is 1. The number of hydrogen-bond acceptors (Lipinski definition) is 7. The maximum atomic E-state index is 13.1. The molecule has 0 spiro atoms. The first-order chi connectivity index (χ1) is 16.0. The Morgan fingerprint density at radius 2 is 1.94 bits per heavy atom. The van der Waals surface area contributed by atoms with Crippen LogP contribution in [0.1, 0.15) is 16.8 Å². The molecule has 170 valence electrons. The first-order valence-electron chi connectivity index (χ1n) is 10.4. The second-order valence-corrected chi connectivity index (χ2v) is 7.47. The van der Waals surface area contributed by atoms with Crippen LogP contribution in [0.3, 0.4) is 0 Å². The molecule has 1 aromatic heterocycles. The second kappa shape index (κ2) is 9.94. The molecule has 3 N–H and O–H groups in total. The van der Waals surface area contributed by atoms with Gasteiger partial charge in [0.05, 0.1) is 12.7 Å². The van der Waals surface area contributed by atoms with Gasteiger partial charge in [0.2, 0.25) is 5.95 Å². The molecule has 9 nitrogen and oxygen atoms in total. The van der Waals surface area contributed by atoms with Crippen molar-refractivity contribution in [2.45, 2.75) is 12.5 Å².